The van der Waals surface area contributed by atoms with E-state index >= 15 is 0 Å². The molecule has 4 nitrogen and oxygen atoms in total. The van der Waals surface area contributed by atoms with Crippen LogP contribution in [0.4, 0.5) is 0 Å². The molecule has 1 atom stereocenters. The van der Waals surface area contributed by atoms with Gasteiger partial charge in [0, 0.05) is 5.56 Å². The molecule has 0 radical (unpaired) electrons. The third-order valence-corrected chi connectivity index (χ3v) is 2.99. The van der Waals surface area contributed by atoms with Gasteiger partial charge in [-0.1, -0.05) is 25.1 Å². The Kier molecular flexibility index (Phi) is 4.32. The Morgan fingerprint density at radius 2 is 2.00 bits per heavy atom. The van der Waals surface area contributed by atoms with E-state index in [0.717, 1.165) is 11.8 Å². The standard InChI is InChI=1S/C11H17NO3S/c1-4-10(12-16(3,13)14)9-7-5-6-8-11(9)15-2/h5-8,10,12H,4H2,1-3H3/t10-/m0/s1. The van der Waals surface area contributed by atoms with Gasteiger partial charge in [-0.05, 0) is 12.5 Å². The second-order valence-corrected chi connectivity index (χ2v) is 5.37. The minimum Gasteiger partial charge on any atom is -0.496 e. The summed E-state index contributed by atoms with van der Waals surface area (Å²) >= 11 is 0. The maximum absolute atomic E-state index is 11.2. The van der Waals surface area contributed by atoms with Gasteiger partial charge in [-0.2, -0.15) is 0 Å². The van der Waals surface area contributed by atoms with Crippen LogP contribution in [0, 0.1) is 0 Å². The van der Waals surface area contributed by atoms with E-state index in [4.69, 9.17) is 4.74 Å². The minimum atomic E-state index is -3.21. The molecular weight excluding hydrogens is 226 g/mol. The number of hydrogen-bond acceptors (Lipinski definition) is 3. The molecule has 0 saturated heterocycles. The summed E-state index contributed by atoms with van der Waals surface area (Å²) in [6.07, 6.45) is 1.83. The van der Waals surface area contributed by atoms with E-state index in [1.165, 1.54) is 0 Å². The first-order chi connectivity index (χ1) is 7.48. The molecule has 1 aromatic carbocycles. The summed E-state index contributed by atoms with van der Waals surface area (Å²) in [6, 6.07) is 7.17. The molecule has 1 N–H and O–H groups in total. The lowest BCUT2D eigenvalue weighted by Crippen LogP contribution is -2.27. The first-order valence-electron chi connectivity index (χ1n) is 5.08. The summed E-state index contributed by atoms with van der Waals surface area (Å²) in [5, 5.41) is 0. The smallest absolute Gasteiger partial charge is 0.209 e. The van der Waals surface area contributed by atoms with E-state index in [-0.39, 0.29) is 6.04 Å². The summed E-state index contributed by atoms with van der Waals surface area (Å²) in [4.78, 5) is 0. The molecule has 0 unspecified atom stereocenters. The van der Waals surface area contributed by atoms with Gasteiger partial charge in [-0.15, -0.1) is 0 Å². The quantitative estimate of drug-likeness (QED) is 0.856. The zero-order chi connectivity index (χ0) is 12.2. The van der Waals surface area contributed by atoms with E-state index in [9.17, 15) is 8.42 Å². The molecule has 0 fully saturated rings. The zero-order valence-electron chi connectivity index (χ0n) is 9.73. The van der Waals surface area contributed by atoms with E-state index in [1.54, 1.807) is 7.11 Å². The highest BCUT2D eigenvalue weighted by atomic mass is 32.2. The topological polar surface area (TPSA) is 55.4 Å². The highest BCUT2D eigenvalue weighted by molar-refractivity contribution is 7.88. The lowest BCUT2D eigenvalue weighted by atomic mass is 10.0. The van der Waals surface area contributed by atoms with Crippen molar-refractivity contribution in [3.8, 4) is 5.75 Å². The first-order valence-corrected chi connectivity index (χ1v) is 6.97. The molecule has 0 amide bonds. The molecule has 0 aliphatic heterocycles. The van der Waals surface area contributed by atoms with Gasteiger partial charge in [-0.3, -0.25) is 0 Å². The number of nitrogens with one attached hydrogen (secondary N) is 1. The highest BCUT2D eigenvalue weighted by Gasteiger charge is 2.17. The summed E-state index contributed by atoms with van der Waals surface area (Å²) in [5.41, 5.74) is 0.859. The van der Waals surface area contributed by atoms with Crippen molar-refractivity contribution >= 4 is 10.0 Å². The molecule has 90 valence electrons. The van der Waals surface area contributed by atoms with Gasteiger partial charge in [0.15, 0.2) is 0 Å². The van der Waals surface area contributed by atoms with E-state index in [1.807, 2.05) is 31.2 Å². The average Bonchev–Trinajstić information content (AvgIpc) is 2.24. The average molecular weight is 243 g/mol. The number of rotatable bonds is 5. The molecule has 1 rings (SSSR count). The Hall–Kier alpha value is -1.07. The van der Waals surface area contributed by atoms with Crippen molar-refractivity contribution in [2.24, 2.45) is 0 Å². The third kappa shape index (κ3) is 3.50. The number of sulfonamides is 1. The minimum absolute atomic E-state index is 0.244. The lowest BCUT2D eigenvalue weighted by Gasteiger charge is -2.18. The van der Waals surface area contributed by atoms with Gasteiger partial charge in [0.2, 0.25) is 10.0 Å². The SMILES string of the molecule is CC[C@H](NS(C)(=O)=O)c1ccccc1OC. The molecule has 0 spiro atoms. The monoisotopic (exact) mass is 243 g/mol. The van der Waals surface area contributed by atoms with Gasteiger partial charge < -0.3 is 4.74 Å². The van der Waals surface area contributed by atoms with Crippen LogP contribution in [-0.2, 0) is 10.0 Å². The first kappa shape index (κ1) is 13.0. The summed E-state index contributed by atoms with van der Waals surface area (Å²) in [5.74, 6) is 0.700. The van der Waals surface area contributed by atoms with Crippen molar-refractivity contribution in [2.75, 3.05) is 13.4 Å². The Morgan fingerprint density at radius 3 is 2.50 bits per heavy atom. The van der Waals surface area contributed by atoms with Crippen LogP contribution in [0.1, 0.15) is 24.9 Å². The van der Waals surface area contributed by atoms with Crippen molar-refractivity contribution in [1.82, 2.24) is 4.72 Å². The molecule has 1 aromatic rings. The van der Waals surface area contributed by atoms with E-state index in [2.05, 4.69) is 4.72 Å². The largest absolute Gasteiger partial charge is 0.496 e. The second kappa shape index (κ2) is 5.32. The van der Waals surface area contributed by atoms with Crippen molar-refractivity contribution in [1.29, 1.82) is 0 Å². The molecule has 0 bridgehead atoms. The van der Waals surface area contributed by atoms with Gasteiger partial charge in [-0.25, -0.2) is 13.1 Å². The molecule has 16 heavy (non-hydrogen) atoms. The van der Waals surface area contributed by atoms with Crippen molar-refractivity contribution in [3.05, 3.63) is 29.8 Å². The fourth-order valence-electron chi connectivity index (χ4n) is 1.58. The number of para-hydroxylation sites is 1. The van der Waals surface area contributed by atoms with Crippen molar-refractivity contribution in [2.45, 2.75) is 19.4 Å². The van der Waals surface area contributed by atoms with Crippen LogP contribution in [-0.4, -0.2) is 21.8 Å². The van der Waals surface area contributed by atoms with Gasteiger partial charge >= 0.3 is 0 Å². The van der Waals surface area contributed by atoms with Crippen LogP contribution >= 0.6 is 0 Å². The van der Waals surface area contributed by atoms with Crippen LogP contribution in [0.2, 0.25) is 0 Å². The Labute approximate surface area is 96.7 Å². The predicted octanol–water partition coefficient (Wildman–Crippen LogP) is 1.70. The summed E-state index contributed by atoms with van der Waals surface area (Å²) < 4.78 is 30.2. The van der Waals surface area contributed by atoms with E-state index in [0.29, 0.717) is 12.2 Å². The number of hydrogen-bond donors (Lipinski definition) is 1. The second-order valence-electron chi connectivity index (χ2n) is 3.59. The molecule has 0 heterocycles. The fourth-order valence-corrected chi connectivity index (χ4v) is 2.39. The predicted molar refractivity (Wildman–Crippen MR) is 64.0 cm³/mol. The van der Waals surface area contributed by atoms with Gasteiger partial charge in [0.1, 0.15) is 5.75 Å². The van der Waals surface area contributed by atoms with E-state index < -0.39 is 10.0 Å². The van der Waals surface area contributed by atoms with Crippen LogP contribution in [0.3, 0.4) is 0 Å². The van der Waals surface area contributed by atoms with Gasteiger partial charge in [0.25, 0.3) is 0 Å². The summed E-state index contributed by atoms with van der Waals surface area (Å²) in [7, 11) is -1.64. The van der Waals surface area contributed by atoms with Crippen LogP contribution in [0.5, 0.6) is 5.75 Å². The molecule has 0 saturated carbocycles. The Balaban J connectivity index is 3.03. The molecule has 0 aliphatic carbocycles. The number of methoxy groups -OCH3 is 1. The van der Waals surface area contributed by atoms with Gasteiger partial charge in [0.05, 0.1) is 19.4 Å². The number of benzene rings is 1. The normalized spacial score (nSPS) is 13.4. The van der Waals surface area contributed by atoms with Crippen LogP contribution in [0.25, 0.3) is 0 Å². The van der Waals surface area contributed by atoms with Crippen molar-refractivity contribution < 1.29 is 13.2 Å². The lowest BCUT2D eigenvalue weighted by molar-refractivity contribution is 0.402. The van der Waals surface area contributed by atoms with Crippen LogP contribution < -0.4 is 9.46 Å². The molecular formula is C11H17NO3S. The maximum Gasteiger partial charge on any atom is 0.209 e. The maximum atomic E-state index is 11.2. The molecule has 0 aliphatic rings. The Bertz CT molecular complexity index is 442. The number of ether oxygens (including phenoxy) is 1. The Morgan fingerprint density at radius 1 is 1.38 bits per heavy atom. The molecule has 5 heteroatoms. The highest BCUT2D eigenvalue weighted by Crippen LogP contribution is 2.27. The summed E-state index contributed by atoms with van der Waals surface area (Å²) in [6.45, 7) is 1.93. The van der Waals surface area contributed by atoms with Crippen molar-refractivity contribution in [3.63, 3.8) is 0 Å². The zero-order valence-corrected chi connectivity index (χ0v) is 10.5. The molecule has 0 aromatic heterocycles. The van der Waals surface area contributed by atoms with Crippen LogP contribution in [0.15, 0.2) is 24.3 Å². The third-order valence-electron chi connectivity index (χ3n) is 2.28. The fraction of sp³-hybridized carbons (Fsp3) is 0.455.